The van der Waals surface area contributed by atoms with E-state index >= 15 is 0 Å². The SMILES string of the molecule is O=C(O)c1c2c(cc3oc(=O)c4cc(O)c(O)c(O)c4c13)oc(=O)c1cc(O)c(O)c(O)c12. The Kier molecular flexibility index (Phi) is 3.72. The molecule has 5 rings (SSSR count). The van der Waals surface area contributed by atoms with Crippen LogP contribution in [0, 0.1) is 0 Å². The van der Waals surface area contributed by atoms with Crippen LogP contribution in [0.5, 0.6) is 34.5 Å². The van der Waals surface area contributed by atoms with Gasteiger partial charge in [-0.15, -0.1) is 0 Å². The Balaban J connectivity index is 2.25. The molecule has 0 unspecified atom stereocenters. The lowest BCUT2D eigenvalue weighted by atomic mass is 9.94. The Bertz CT molecular complexity index is 1720. The zero-order chi connectivity index (χ0) is 23.9. The number of carboxylic acid groups (broad SMARTS) is 1. The molecule has 0 saturated heterocycles. The van der Waals surface area contributed by atoms with Gasteiger partial charge in [-0.2, -0.15) is 0 Å². The molecule has 5 aromatic rings. The zero-order valence-corrected chi connectivity index (χ0v) is 15.9. The number of aromatic hydroxyl groups is 6. The average molecular weight is 454 g/mol. The van der Waals surface area contributed by atoms with Gasteiger partial charge < -0.3 is 44.6 Å². The second-order valence-corrected chi connectivity index (χ2v) is 7.11. The lowest BCUT2D eigenvalue weighted by Crippen LogP contribution is -2.08. The molecule has 0 fully saturated rings. The molecule has 0 saturated carbocycles. The van der Waals surface area contributed by atoms with Gasteiger partial charge in [0, 0.05) is 27.6 Å². The Morgan fingerprint density at radius 3 is 1.36 bits per heavy atom. The van der Waals surface area contributed by atoms with Crippen LogP contribution in [-0.4, -0.2) is 41.7 Å². The molecule has 12 heteroatoms. The largest absolute Gasteiger partial charge is 0.504 e. The van der Waals surface area contributed by atoms with Gasteiger partial charge in [0.15, 0.2) is 23.0 Å². The predicted molar refractivity (Wildman–Crippen MR) is 110 cm³/mol. The number of fused-ring (bicyclic) bond motifs is 6. The monoisotopic (exact) mass is 454 g/mol. The first-order valence-corrected chi connectivity index (χ1v) is 8.98. The van der Waals surface area contributed by atoms with Crippen molar-refractivity contribution in [2.75, 3.05) is 0 Å². The van der Waals surface area contributed by atoms with Crippen molar-refractivity contribution in [1.29, 1.82) is 0 Å². The average Bonchev–Trinajstić information content (AvgIpc) is 2.75. The number of hydrogen-bond acceptors (Lipinski definition) is 11. The number of aromatic carboxylic acids is 1. The molecule has 2 heterocycles. The highest BCUT2D eigenvalue weighted by atomic mass is 16.4. The van der Waals surface area contributed by atoms with Gasteiger partial charge >= 0.3 is 17.2 Å². The Labute approximate surface area is 178 Å². The van der Waals surface area contributed by atoms with Crippen molar-refractivity contribution in [2.24, 2.45) is 0 Å². The molecule has 166 valence electrons. The number of rotatable bonds is 1. The van der Waals surface area contributed by atoms with Crippen LogP contribution in [-0.2, 0) is 0 Å². The van der Waals surface area contributed by atoms with Crippen LogP contribution in [0.1, 0.15) is 10.4 Å². The van der Waals surface area contributed by atoms with Crippen molar-refractivity contribution < 1.29 is 49.4 Å². The molecule has 2 aromatic heterocycles. The highest BCUT2D eigenvalue weighted by Crippen LogP contribution is 2.48. The minimum absolute atomic E-state index is 0.445. The van der Waals surface area contributed by atoms with Crippen LogP contribution in [0.2, 0.25) is 0 Å². The van der Waals surface area contributed by atoms with E-state index in [1.165, 1.54) is 0 Å². The van der Waals surface area contributed by atoms with Gasteiger partial charge in [-0.3, -0.25) is 0 Å². The van der Waals surface area contributed by atoms with Crippen molar-refractivity contribution in [1.82, 2.24) is 0 Å². The molecule has 12 nitrogen and oxygen atoms in total. The molecule has 0 radical (unpaired) electrons. The van der Waals surface area contributed by atoms with E-state index in [0.717, 1.165) is 18.2 Å². The van der Waals surface area contributed by atoms with Crippen molar-refractivity contribution in [3.8, 4) is 34.5 Å². The van der Waals surface area contributed by atoms with Crippen molar-refractivity contribution >= 4 is 49.5 Å². The van der Waals surface area contributed by atoms with Gasteiger partial charge in [0.25, 0.3) is 0 Å². The van der Waals surface area contributed by atoms with Crippen molar-refractivity contribution in [3.63, 3.8) is 0 Å². The maximum Gasteiger partial charge on any atom is 0.344 e. The fraction of sp³-hybridized carbons (Fsp3) is 0. The lowest BCUT2D eigenvalue weighted by Gasteiger charge is -2.14. The van der Waals surface area contributed by atoms with E-state index in [1.807, 2.05) is 0 Å². The smallest absolute Gasteiger partial charge is 0.344 e. The number of benzene rings is 3. The number of phenolic OH excluding ortho intramolecular Hbond substituents is 6. The van der Waals surface area contributed by atoms with Crippen LogP contribution in [0.3, 0.4) is 0 Å². The minimum atomic E-state index is -1.70. The molecule has 33 heavy (non-hydrogen) atoms. The maximum absolute atomic E-state index is 12.4. The summed E-state index contributed by atoms with van der Waals surface area (Å²) in [6, 6.07) is 2.47. The zero-order valence-electron chi connectivity index (χ0n) is 15.9. The van der Waals surface area contributed by atoms with Gasteiger partial charge in [-0.05, 0) is 12.1 Å². The molecule has 0 amide bonds. The normalized spacial score (nSPS) is 11.6. The Morgan fingerprint density at radius 2 is 1.00 bits per heavy atom. The first kappa shape index (κ1) is 19.8. The van der Waals surface area contributed by atoms with Crippen LogP contribution in [0.15, 0.2) is 36.6 Å². The van der Waals surface area contributed by atoms with Crippen molar-refractivity contribution in [2.45, 2.75) is 0 Å². The van der Waals surface area contributed by atoms with Crippen LogP contribution in [0.25, 0.3) is 43.5 Å². The van der Waals surface area contributed by atoms with E-state index in [1.54, 1.807) is 0 Å². The fourth-order valence-corrected chi connectivity index (χ4v) is 3.93. The number of hydrogen-bond donors (Lipinski definition) is 7. The van der Waals surface area contributed by atoms with Gasteiger partial charge in [0.1, 0.15) is 11.2 Å². The third kappa shape index (κ3) is 2.42. The third-order valence-corrected chi connectivity index (χ3v) is 5.32. The summed E-state index contributed by atoms with van der Waals surface area (Å²) in [5, 5.41) is 67.6. The second-order valence-electron chi connectivity index (χ2n) is 7.11. The number of phenols is 6. The summed E-state index contributed by atoms with van der Waals surface area (Å²) in [4.78, 5) is 37.2. The summed E-state index contributed by atoms with van der Waals surface area (Å²) < 4.78 is 10.2. The summed E-state index contributed by atoms with van der Waals surface area (Å²) in [6.45, 7) is 0. The second kappa shape index (κ2) is 6.20. The van der Waals surface area contributed by atoms with E-state index in [4.69, 9.17) is 8.83 Å². The Morgan fingerprint density at radius 1 is 0.606 bits per heavy atom. The summed E-state index contributed by atoms with van der Waals surface area (Å²) in [5.41, 5.74) is -3.92. The first-order chi connectivity index (χ1) is 15.5. The summed E-state index contributed by atoms with van der Waals surface area (Å²) in [5.74, 6) is -7.60. The lowest BCUT2D eigenvalue weighted by molar-refractivity contribution is 0.0701. The molecular formula is C21H10O12. The summed E-state index contributed by atoms with van der Waals surface area (Å²) >= 11 is 0. The van der Waals surface area contributed by atoms with Gasteiger partial charge in [-0.25, -0.2) is 14.4 Å². The Hall–Kier alpha value is -5.13. The predicted octanol–water partition coefficient (Wildman–Crippen LogP) is 2.14. The molecule has 7 N–H and O–H groups in total. The first-order valence-electron chi connectivity index (χ1n) is 8.98. The summed E-state index contributed by atoms with van der Waals surface area (Å²) in [7, 11) is 0. The third-order valence-electron chi connectivity index (χ3n) is 5.32. The maximum atomic E-state index is 12.4. The molecule has 0 aliphatic carbocycles. The van der Waals surface area contributed by atoms with Gasteiger partial charge in [-0.1, -0.05) is 0 Å². The quantitative estimate of drug-likeness (QED) is 0.0838. The van der Waals surface area contributed by atoms with E-state index in [0.29, 0.717) is 0 Å². The molecular weight excluding hydrogens is 444 g/mol. The highest BCUT2D eigenvalue weighted by Gasteiger charge is 2.28. The van der Waals surface area contributed by atoms with Crippen molar-refractivity contribution in [3.05, 3.63) is 44.6 Å². The highest BCUT2D eigenvalue weighted by molar-refractivity contribution is 6.28. The number of carbonyl (C=O) groups is 1. The van der Waals surface area contributed by atoms with Crippen LogP contribution >= 0.6 is 0 Å². The molecule has 0 aliphatic rings. The van der Waals surface area contributed by atoms with E-state index < -0.39 is 101 Å². The number of carboxylic acids is 1. The van der Waals surface area contributed by atoms with Gasteiger partial charge in [0.05, 0.1) is 16.3 Å². The van der Waals surface area contributed by atoms with E-state index in [-0.39, 0.29) is 0 Å². The van der Waals surface area contributed by atoms with E-state index in [9.17, 15) is 50.1 Å². The van der Waals surface area contributed by atoms with Crippen LogP contribution < -0.4 is 11.3 Å². The molecule has 0 atom stereocenters. The van der Waals surface area contributed by atoms with Crippen LogP contribution in [0.4, 0.5) is 0 Å². The topological polar surface area (TPSA) is 219 Å². The van der Waals surface area contributed by atoms with E-state index in [2.05, 4.69) is 0 Å². The minimum Gasteiger partial charge on any atom is -0.504 e. The summed E-state index contributed by atoms with van der Waals surface area (Å²) in [6.07, 6.45) is 0. The molecule has 3 aromatic carbocycles. The molecule has 0 spiro atoms. The standard InChI is InChI=1S/C21H10O12/c22-6-1-4-10(17(26)15(6)24)12-8(32-20(4)30)3-9-13(14(12)19(28)29)11-5(21(31)33-9)2-7(23)16(25)18(11)27/h1-3,22-27H,(H,28,29). The molecule has 0 aliphatic heterocycles. The van der Waals surface area contributed by atoms with Gasteiger partial charge in [0.2, 0.25) is 11.5 Å². The molecule has 0 bridgehead atoms. The fourth-order valence-electron chi connectivity index (χ4n) is 3.93.